The van der Waals surface area contributed by atoms with E-state index in [1.165, 1.54) is 63.5 Å². The van der Waals surface area contributed by atoms with Crippen LogP contribution in [0, 0.1) is 0 Å². The van der Waals surface area contributed by atoms with E-state index in [2.05, 4.69) is 12.2 Å². The summed E-state index contributed by atoms with van der Waals surface area (Å²) in [4.78, 5) is 21.9. The average Bonchev–Trinajstić information content (AvgIpc) is 2.59. The zero-order valence-electron chi connectivity index (χ0n) is 17.1. The minimum absolute atomic E-state index is 0. The van der Waals surface area contributed by atoms with Gasteiger partial charge in [0, 0.05) is 12.2 Å². The Bertz CT molecular complexity index is 521. The number of nitrogens with one attached hydrogen (secondary N) is 1. The molecule has 7 heteroatoms. The fraction of sp³-hybridized carbons (Fsp3) is 0.600. The number of rotatable bonds is 14. The standard InChI is InChI=1S/C20H31NO4.2Na/c1-2-3-4-5-6-7-8-9-10-11-12-21-18-14-16(19(22)23)13-17(15-18)20(24)25;;/h13-15,21H,2-12H2,1H3,(H,22,23)(H,24,25);;/q;2*+1/p-2. The molecule has 0 aliphatic carbocycles. The van der Waals surface area contributed by atoms with Crippen LogP contribution in [0.2, 0.25) is 0 Å². The van der Waals surface area contributed by atoms with Gasteiger partial charge in [0.15, 0.2) is 0 Å². The minimum Gasteiger partial charge on any atom is -0.545 e. The van der Waals surface area contributed by atoms with E-state index in [-0.39, 0.29) is 70.2 Å². The summed E-state index contributed by atoms with van der Waals surface area (Å²) in [5, 5.41) is 24.9. The van der Waals surface area contributed by atoms with E-state index in [1.54, 1.807) is 0 Å². The van der Waals surface area contributed by atoms with Crippen LogP contribution < -0.4 is 74.6 Å². The van der Waals surface area contributed by atoms with Gasteiger partial charge in [-0.15, -0.1) is 0 Å². The summed E-state index contributed by atoms with van der Waals surface area (Å²) in [6.07, 6.45) is 12.4. The van der Waals surface area contributed by atoms with E-state index in [9.17, 15) is 19.8 Å². The summed E-state index contributed by atoms with van der Waals surface area (Å²) in [7, 11) is 0. The van der Waals surface area contributed by atoms with E-state index in [0.29, 0.717) is 12.2 Å². The van der Waals surface area contributed by atoms with Crippen LogP contribution in [-0.2, 0) is 0 Å². The molecule has 0 saturated heterocycles. The van der Waals surface area contributed by atoms with Crippen LogP contribution in [0.3, 0.4) is 0 Å². The van der Waals surface area contributed by atoms with Gasteiger partial charge in [0.05, 0.1) is 11.9 Å². The molecule has 0 aromatic heterocycles. The fourth-order valence-electron chi connectivity index (χ4n) is 2.81. The second-order valence-corrected chi connectivity index (χ2v) is 6.48. The Morgan fingerprint density at radius 2 is 1.15 bits per heavy atom. The predicted molar refractivity (Wildman–Crippen MR) is 95.4 cm³/mol. The third kappa shape index (κ3) is 13.7. The summed E-state index contributed by atoms with van der Waals surface area (Å²) in [6, 6.07) is 3.83. The largest absolute Gasteiger partial charge is 1.00 e. The number of aromatic carboxylic acids is 2. The summed E-state index contributed by atoms with van der Waals surface area (Å²) in [5.74, 6) is -2.80. The van der Waals surface area contributed by atoms with Crippen LogP contribution in [0.15, 0.2) is 18.2 Å². The number of anilines is 1. The maximum absolute atomic E-state index is 10.9. The second-order valence-electron chi connectivity index (χ2n) is 6.48. The average molecular weight is 393 g/mol. The predicted octanol–water partition coefficient (Wildman–Crippen LogP) is -3.25. The molecule has 140 valence electrons. The summed E-state index contributed by atoms with van der Waals surface area (Å²) in [5.41, 5.74) is 0.149. The Morgan fingerprint density at radius 1 is 0.741 bits per heavy atom. The van der Waals surface area contributed by atoms with Gasteiger partial charge in [-0.3, -0.25) is 0 Å². The van der Waals surface area contributed by atoms with Gasteiger partial charge >= 0.3 is 59.1 Å². The zero-order chi connectivity index (χ0) is 18.5. The quantitative estimate of drug-likeness (QED) is 0.265. The van der Waals surface area contributed by atoms with Crippen molar-refractivity contribution in [2.75, 3.05) is 11.9 Å². The van der Waals surface area contributed by atoms with Crippen LogP contribution in [0.25, 0.3) is 0 Å². The van der Waals surface area contributed by atoms with Crippen LogP contribution in [0.1, 0.15) is 91.8 Å². The maximum Gasteiger partial charge on any atom is 1.00 e. The smallest absolute Gasteiger partial charge is 0.545 e. The summed E-state index contributed by atoms with van der Waals surface area (Å²) in [6.45, 7) is 2.90. The number of carbonyl (C=O) groups is 2. The van der Waals surface area contributed by atoms with Gasteiger partial charge in [-0.1, -0.05) is 64.7 Å². The summed E-state index contributed by atoms with van der Waals surface area (Å²) < 4.78 is 0. The van der Waals surface area contributed by atoms with Gasteiger partial charge in [-0.2, -0.15) is 0 Å². The van der Waals surface area contributed by atoms with E-state index in [4.69, 9.17) is 0 Å². The Kier molecular flexibility index (Phi) is 19.5. The first-order valence-corrected chi connectivity index (χ1v) is 9.36. The monoisotopic (exact) mass is 393 g/mol. The first-order chi connectivity index (χ1) is 12.0. The van der Waals surface area contributed by atoms with Crippen LogP contribution in [0.4, 0.5) is 5.69 Å². The van der Waals surface area contributed by atoms with E-state index < -0.39 is 11.9 Å². The van der Waals surface area contributed by atoms with E-state index in [1.807, 2.05) is 0 Å². The van der Waals surface area contributed by atoms with Gasteiger partial charge in [-0.25, -0.2) is 0 Å². The Labute approximate surface area is 207 Å². The summed E-state index contributed by atoms with van der Waals surface area (Å²) >= 11 is 0. The number of hydrogen-bond acceptors (Lipinski definition) is 5. The molecular weight excluding hydrogens is 364 g/mol. The topological polar surface area (TPSA) is 92.3 Å². The minimum atomic E-state index is -1.40. The molecule has 0 heterocycles. The molecule has 0 aliphatic heterocycles. The normalized spacial score (nSPS) is 9.81. The molecule has 0 fully saturated rings. The molecule has 0 unspecified atom stereocenters. The van der Waals surface area contributed by atoms with Crippen molar-refractivity contribution in [2.45, 2.75) is 71.1 Å². The van der Waals surface area contributed by atoms with E-state index in [0.717, 1.165) is 18.9 Å². The van der Waals surface area contributed by atoms with Crippen molar-refractivity contribution in [1.82, 2.24) is 0 Å². The molecule has 1 N–H and O–H groups in total. The molecule has 0 saturated carbocycles. The van der Waals surface area contributed by atoms with E-state index >= 15 is 0 Å². The van der Waals surface area contributed by atoms with Crippen molar-refractivity contribution in [2.24, 2.45) is 0 Å². The Morgan fingerprint density at radius 3 is 1.56 bits per heavy atom. The van der Waals surface area contributed by atoms with Crippen LogP contribution in [-0.4, -0.2) is 18.5 Å². The van der Waals surface area contributed by atoms with Crippen LogP contribution >= 0.6 is 0 Å². The van der Waals surface area contributed by atoms with Crippen molar-refractivity contribution in [3.05, 3.63) is 29.3 Å². The molecule has 0 amide bonds. The molecule has 1 rings (SSSR count). The van der Waals surface area contributed by atoms with Gasteiger partial charge < -0.3 is 25.1 Å². The molecule has 1 aromatic carbocycles. The molecule has 0 aliphatic rings. The van der Waals surface area contributed by atoms with Crippen molar-refractivity contribution in [1.29, 1.82) is 0 Å². The first kappa shape index (κ1) is 29.2. The molecule has 0 bridgehead atoms. The van der Waals surface area contributed by atoms with Gasteiger partial charge in [0.1, 0.15) is 0 Å². The Balaban J connectivity index is 0. The van der Waals surface area contributed by atoms with Crippen molar-refractivity contribution in [3.63, 3.8) is 0 Å². The number of unbranched alkanes of at least 4 members (excludes halogenated alkanes) is 9. The maximum atomic E-state index is 10.9. The van der Waals surface area contributed by atoms with Gasteiger partial charge in [0.25, 0.3) is 0 Å². The molecule has 5 nitrogen and oxygen atoms in total. The molecule has 0 radical (unpaired) electrons. The van der Waals surface area contributed by atoms with Crippen molar-refractivity contribution >= 4 is 17.6 Å². The van der Waals surface area contributed by atoms with Crippen LogP contribution in [0.5, 0.6) is 0 Å². The molecule has 0 spiro atoms. The number of benzene rings is 1. The van der Waals surface area contributed by atoms with Gasteiger partial charge in [-0.05, 0) is 35.7 Å². The van der Waals surface area contributed by atoms with Crippen molar-refractivity contribution < 1.29 is 78.9 Å². The third-order valence-electron chi connectivity index (χ3n) is 4.26. The number of hydrogen-bond donors (Lipinski definition) is 1. The molecular formula is C20H29NNa2O4. The molecule has 27 heavy (non-hydrogen) atoms. The second kappa shape index (κ2) is 18.0. The number of carboxylic acid groups (broad SMARTS) is 2. The Hall–Kier alpha value is -0.0400. The fourth-order valence-corrected chi connectivity index (χ4v) is 2.81. The number of carboxylic acids is 2. The molecule has 0 atom stereocenters. The first-order valence-electron chi connectivity index (χ1n) is 9.36. The van der Waals surface area contributed by atoms with Crippen molar-refractivity contribution in [3.8, 4) is 0 Å². The third-order valence-corrected chi connectivity index (χ3v) is 4.26. The number of carbonyl (C=O) groups excluding carboxylic acids is 2. The SMILES string of the molecule is CCCCCCCCCCCCNc1cc(C(=O)[O-])cc(C(=O)[O-])c1.[Na+].[Na+]. The zero-order valence-corrected chi connectivity index (χ0v) is 21.1. The molecule has 1 aromatic rings. The van der Waals surface area contributed by atoms with Gasteiger partial charge in [0.2, 0.25) is 0 Å².